The number of fused-ring (bicyclic) bond motifs is 1. The number of amides is 2. The van der Waals surface area contributed by atoms with Crippen molar-refractivity contribution in [2.75, 3.05) is 0 Å². The molecule has 2 amide bonds. The molecule has 2 aromatic heterocycles. The molecule has 0 unspecified atom stereocenters. The standard InChI is InChI=1S/C22H22N4O5/c1-12-17-14(27)9-22(2,3)10-16(17)31-19(12)21(30)24-23-20(29)18-15(28)11-26(25-18)13-7-5-4-6-8-13/h4-8,11,28H,9-10H2,1-3H3,(H,23,29)(H,24,30). The molecular weight excluding hydrogens is 400 g/mol. The molecule has 0 saturated heterocycles. The maximum absolute atomic E-state index is 12.6. The van der Waals surface area contributed by atoms with Crippen LogP contribution in [-0.4, -0.2) is 32.5 Å². The van der Waals surface area contributed by atoms with Crippen molar-refractivity contribution in [1.29, 1.82) is 0 Å². The van der Waals surface area contributed by atoms with Gasteiger partial charge in [0, 0.05) is 18.4 Å². The largest absolute Gasteiger partial charge is 0.504 e. The highest BCUT2D eigenvalue weighted by molar-refractivity contribution is 6.04. The van der Waals surface area contributed by atoms with Crippen LogP contribution in [0.15, 0.2) is 40.9 Å². The van der Waals surface area contributed by atoms with Gasteiger partial charge in [-0.3, -0.25) is 25.2 Å². The number of furan rings is 1. The molecule has 4 rings (SSSR count). The van der Waals surface area contributed by atoms with E-state index in [1.165, 1.54) is 10.9 Å². The first-order valence-electron chi connectivity index (χ1n) is 9.76. The number of nitrogens with one attached hydrogen (secondary N) is 2. The van der Waals surface area contributed by atoms with Gasteiger partial charge in [-0.25, -0.2) is 4.68 Å². The van der Waals surface area contributed by atoms with Crippen LogP contribution in [0.1, 0.15) is 63.0 Å². The van der Waals surface area contributed by atoms with Gasteiger partial charge < -0.3 is 9.52 Å². The number of para-hydroxylation sites is 1. The number of rotatable bonds is 3. The lowest BCUT2D eigenvalue weighted by Gasteiger charge is -2.27. The van der Waals surface area contributed by atoms with Crippen LogP contribution in [0.5, 0.6) is 5.75 Å². The lowest BCUT2D eigenvalue weighted by atomic mass is 9.76. The summed E-state index contributed by atoms with van der Waals surface area (Å²) < 4.78 is 7.03. The average Bonchev–Trinajstić information content (AvgIpc) is 3.26. The molecule has 0 bridgehead atoms. The topological polar surface area (TPSA) is 126 Å². The highest BCUT2D eigenvalue weighted by Crippen LogP contribution is 2.38. The summed E-state index contributed by atoms with van der Waals surface area (Å²) in [4.78, 5) is 37.5. The lowest BCUT2D eigenvalue weighted by molar-refractivity contribution is 0.0823. The summed E-state index contributed by atoms with van der Waals surface area (Å²) >= 11 is 0. The van der Waals surface area contributed by atoms with Gasteiger partial charge in [-0.2, -0.15) is 5.10 Å². The van der Waals surface area contributed by atoms with E-state index in [1.54, 1.807) is 31.2 Å². The average molecular weight is 422 g/mol. The van der Waals surface area contributed by atoms with Crippen molar-refractivity contribution in [3.63, 3.8) is 0 Å². The molecule has 1 aliphatic rings. The number of carbonyl (C=O) groups is 3. The molecule has 160 valence electrons. The maximum Gasteiger partial charge on any atom is 0.305 e. The van der Waals surface area contributed by atoms with E-state index in [0.717, 1.165) is 0 Å². The van der Waals surface area contributed by atoms with Gasteiger partial charge in [0.05, 0.1) is 17.4 Å². The first-order chi connectivity index (χ1) is 14.7. The molecule has 9 heteroatoms. The van der Waals surface area contributed by atoms with Crippen LogP contribution in [0.2, 0.25) is 0 Å². The highest BCUT2D eigenvalue weighted by Gasteiger charge is 2.37. The fourth-order valence-electron chi connectivity index (χ4n) is 3.77. The second-order valence-electron chi connectivity index (χ2n) is 8.35. The summed E-state index contributed by atoms with van der Waals surface area (Å²) in [7, 11) is 0. The zero-order chi connectivity index (χ0) is 22.3. The van der Waals surface area contributed by atoms with Crippen molar-refractivity contribution in [2.45, 2.75) is 33.6 Å². The first-order valence-corrected chi connectivity index (χ1v) is 9.76. The lowest BCUT2D eigenvalue weighted by Crippen LogP contribution is -2.42. The fraction of sp³-hybridized carbons (Fsp3) is 0.273. The number of ketones is 1. The summed E-state index contributed by atoms with van der Waals surface area (Å²) in [5.74, 6) is -1.45. The predicted octanol–water partition coefficient (Wildman–Crippen LogP) is 2.71. The second-order valence-corrected chi connectivity index (χ2v) is 8.35. The molecule has 0 aliphatic heterocycles. The molecule has 1 aromatic carbocycles. The normalized spacial score (nSPS) is 14.7. The van der Waals surface area contributed by atoms with E-state index in [2.05, 4.69) is 16.0 Å². The van der Waals surface area contributed by atoms with Gasteiger partial charge >= 0.3 is 5.91 Å². The molecule has 0 saturated carbocycles. The smallest absolute Gasteiger partial charge is 0.305 e. The van der Waals surface area contributed by atoms with Crippen LogP contribution in [0, 0.1) is 12.3 Å². The number of nitrogens with zero attached hydrogens (tertiary/aromatic N) is 2. The number of hydrogen-bond donors (Lipinski definition) is 3. The van der Waals surface area contributed by atoms with Gasteiger partial charge in [0.25, 0.3) is 5.91 Å². The van der Waals surface area contributed by atoms with E-state index in [0.29, 0.717) is 35.4 Å². The Labute approximate surface area is 178 Å². The van der Waals surface area contributed by atoms with Crippen molar-refractivity contribution in [2.24, 2.45) is 5.41 Å². The van der Waals surface area contributed by atoms with Gasteiger partial charge in [-0.15, -0.1) is 0 Å². The zero-order valence-corrected chi connectivity index (χ0v) is 17.4. The molecule has 0 spiro atoms. The number of benzene rings is 1. The van der Waals surface area contributed by atoms with Crippen LogP contribution in [-0.2, 0) is 6.42 Å². The summed E-state index contributed by atoms with van der Waals surface area (Å²) in [6.07, 6.45) is 2.21. The van der Waals surface area contributed by atoms with Gasteiger partial charge in [0.1, 0.15) is 5.76 Å². The Kier molecular flexibility index (Phi) is 4.88. The number of aromatic hydroxyl groups is 1. The third kappa shape index (κ3) is 3.81. The number of hydrogen-bond acceptors (Lipinski definition) is 6. The predicted molar refractivity (Wildman–Crippen MR) is 110 cm³/mol. The van der Waals surface area contributed by atoms with Crippen LogP contribution in [0.25, 0.3) is 5.69 Å². The van der Waals surface area contributed by atoms with Crippen molar-refractivity contribution < 1.29 is 23.9 Å². The maximum atomic E-state index is 12.6. The summed E-state index contributed by atoms with van der Waals surface area (Å²) in [5.41, 5.74) is 5.52. The first kappa shape index (κ1) is 20.4. The van der Waals surface area contributed by atoms with Crippen LogP contribution >= 0.6 is 0 Å². The molecule has 3 aromatic rings. The minimum atomic E-state index is -0.799. The van der Waals surface area contributed by atoms with Crippen LogP contribution in [0.3, 0.4) is 0 Å². The van der Waals surface area contributed by atoms with Gasteiger partial charge in [-0.1, -0.05) is 32.0 Å². The minimum absolute atomic E-state index is 0.0320. The number of Topliss-reactive ketones (excluding diaryl/α,β-unsaturated/α-hetero) is 1. The molecule has 1 aliphatic carbocycles. The van der Waals surface area contributed by atoms with Crippen LogP contribution < -0.4 is 10.9 Å². The Bertz CT molecular complexity index is 1190. The van der Waals surface area contributed by atoms with E-state index >= 15 is 0 Å². The highest BCUT2D eigenvalue weighted by atomic mass is 16.4. The van der Waals surface area contributed by atoms with Crippen molar-refractivity contribution >= 4 is 17.6 Å². The fourth-order valence-corrected chi connectivity index (χ4v) is 3.77. The third-order valence-corrected chi connectivity index (χ3v) is 5.20. The SMILES string of the molecule is Cc1c(C(=O)NNC(=O)c2nn(-c3ccccc3)cc2O)oc2c1C(=O)CC(C)(C)C2. The number of carbonyl (C=O) groups excluding carboxylic acids is 3. The molecule has 0 radical (unpaired) electrons. The van der Waals surface area contributed by atoms with Crippen molar-refractivity contribution in [3.8, 4) is 11.4 Å². The number of hydrazine groups is 1. The Morgan fingerprint density at radius 1 is 1.13 bits per heavy atom. The van der Waals surface area contributed by atoms with Gasteiger partial charge in [0.2, 0.25) is 0 Å². The Morgan fingerprint density at radius 3 is 2.52 bits per heavy atom. The number of aromatic nitrogens is 2. The monoisotopic (exact) mass is 422 g/mol. The van der Waals surface area contributed by atoms with Gasteiger partial charge in [0.15, 0.2) is 23.0 Å². The second kappa shape index (κ2) is 7.42. The summed E-state index contributed by atoms with van der Waals surface area (Å²) in [5, 5.41) is 14.1. The van der Waals surface area contributed by atoms with E-state index in [1.807, 2.05) is 19.9 Å². The molecule has 31 heavy (non-hydrogen) atoms. The van der Waals surface area contributed by atoms with Crippen molar-refractivity contribution in [1.82, 2.24) is 20.6 Å². The summed E-state index contributed by atoms with van der Waals surface area (Å²) in [6.45, 7) is 5.57. The van der Waals surface area contributed by atoms with Crippen molar-refractivity contribution in [3.05, 3.63) is 64.9 Å². The van der Waals surface area contributed by atoms with Gasteiger partial charge in [-0.05, 0) is 24.5 Å². The quantitative estimate of drug-likeness (QED) is 0.557. The van der Waals surface area contributed by atoms with E-state index in [9.17, 15) is 19.5 Å². The van der Waals surface area contributed by atoms with E-state index < -0.39 is 11.8 Å². The van der Waals surface area contributed by atoms with Crippen LogP contribution in [0.4, 0.5) is 0 Å². The molecule has 0 atom stereocenters. The Hall–Kier alpha value is -3.88. The molecule has 9 nitrogen and oxygen atoms in total. The Morgan fingerprint density at radius 2 is 1.81 bits per heavy atom. The molecule has 3 N–H and O–H groups in total. The molecule has 0 fully saturated rings. The van der Waals surface area contributed by atoms with E-state index in [-0.39, 0.29) is 28.4 Å². The third-order valence-electron chi connectivity index (χ3n) is 5.20. The van der Waals surface area contributed by atoms with E-state index in [4.69, 9.17) is 4.42 Å². The zero-order valence-electron chi connectivity index (χ0n) is 17.4. The summed E-state index contributed by atoms with van der Waals surface area (Å²) in [6, 6.07) is 8.95. The minimum Gasteiger partial charge on any atom is -0.504 e. The molecule has 2 heterocycles. The molecular formula is C22H22N4O5. The Balaban J connectivity index is 1.48.